The number of allylic oxidation sites excluding steroid dienone is 1. The highest BCUT2D eigenvalue weighted by Crippen LogP contribution is 2.28. The third kappa shape index (κ3) is 2.57. The Labute approximate surface area is 110 Å². The standard InChI is InChI=1S/C15H14O4/c1-9(2)12(16)8-11-13(18-3)6-4-10-5-7-14(17)19-15(10)11/h4-7H,1,8H2,2-3H3. The predicted molar refractivity (Wildman–Crippen MR) is 72.6 cm³/mol. The molecule has 19 heavy (non-hydrogen) atoms. The molecule has 0 radical (unpaired) electrons. The Hall–Kier alpha value is -2.36. The molecule has 4 heteroatoms. The summed E-state index contributed by atoms with van der Waals surface area (Å²) in [7, 11) is 1.51. The first-order chi connectivity index (χ1) is 9.02. The average Bonchev–Trinajstić information content (AvgIpc) is 2.39. The molecule has 0 atom stereocenters. The van der Waals surface area contributed by atoms with Crippen molar-refractivity contribution in [3.05, 3.63) is 52.4 Å². The SMILES string of the molecule is C=C(C)C(=O)Cc1c(OC)ccc2ccc(=O)oc12. The fourth-order valence-corrected chi connectivity index (χ4v) is 1.84. The lowest BCUT2D eigenvalue weighted by Gasteiger charge is -2.10. The fourth-order valence-electron chi connectivity index (χ4n) is 1.84. The quantitative estimate of drug-likeness (QED) is 0.624. The second-order valence-electron chi connectivity index (χ2n) is 4.30. The average molecular weight is 258 g/mol. The molecule has 98 valence electrons. The highest BCUT2D eigenvalue weighted by atomic mass is 16.5. The lowest BCUT2D eigenvalue weighted by Crippen LogP contribution is -2.06. The van der Waals surface area contributed by atoms with E-state index in [2.05, 4.69) is 6.58 Å². The number of hydrogen-bond donors (Lipinski definition) is 0. The van der Waals surface area contributed by atoms with Crippen LogP contribution in [0.1, 0.15) is 12.5 Å². The molecule has 1 aromatic carbocycles. The summed E-state index contributed by atoms with van der Waals surface area (Å²) in [4.78, 5) is 23.2. The van der Waals surface area contributed by atoms with E-state index in [0.717, 1.165) is 5.39 Å². The maximum atomic E-state index is 11.8. The van der Waals surface area contributed by atoms with E-state index in [1.54, 1.807) is 25.1 Å². The van der Waals surface area contributed by atoms with E-state index < -0.39 is 5.63 Å². The van der Waals surface area contributed by atoms with Gasteiger partial charge in [0.15, 0.2) is 5.78 Å². The van der Waals surface area contributed by atoms with E-state index in [0.29, 0.717) is 22.5 Å². The first kappa shape index (κ1) is 13.1. The molecule has 1 aromatic heterocycles. The number of carbonyl (C=O) groups is 1. The van der Waals surface area contributed by atoms with Crippen LogP contribution in [-0.4, -0.2) is 12.9 Å². The van der Waals surface area contributed by atoms with Crippen LogP contribution in [0.2, 0.25) is 0 Å². The van der Waals surface area contributed by atoms with Crippen molar-refractivity contribution < 1.29 is 13.9 Å². The van der Waals surface area contributed by atoms with Crippen LogP contribution in [0.15, 0.2) is 45.6 Å². The van der Waals surface area contributed by atoms with Crippen LogP contribution in [0, 0.1) is 0 Å². The highest BCUT2D eigenvalue weighted by Gasteiger charge is 2.15. The topological polar surface area (TPSA) is 56.5 Å². The molecule has 0 saturated heterocycles. The number of carbonyl (C=O) groups excluding carboxylic acids is 1. The Morgan fingerprint density at radius 2 is 2.00 bits per heavy atom. The van der Waals surface area contributed by atoms with Crippen molar-refractivity contribution in [2.75, 3.05) is 7.11 Å². The Bertz CT molecular complexity index is 710. The number of benzene rings is 1. The Balaban J connectivity index is 2.66. The van der Waals surface area contributed by atoms with Gasteiger partial charge in [0.25, 0.3) is 0 Å². The molecule has 0 fully saturated rings. The zero-order valence-corrected chi connectivity index (χ0v) is 10.9. The summed E-state index contributed by atoms with van der Waals surface area (Å²) in [5, 5.41) is 0.755. The number of ether oxygens (including phenoxy) is 1. The predicted octanol–water partition coefficient (Wildman–Crippen LogP) is 2.49. The van der Waals surface area contributed by atoms with Gasteiger partial charge < -0.3 is 9.15 Å². The van der Waals surface area contributed by atoms with E-state index in [1.807, 2.05) is 0 Å². The van der Waals surface area contributed by atoms with Gasteiger partial charge in [-0.1, -0.05) is 6.58 Å². The van der Waals surface area contributed by atoms with Crippen molar-refractivity contribution in [2.45, 2.75) is 13.3 Å². The second-order valence-corrected chi connectivity index (χ2v) is 4.30. The fraction of sp³-hybridized carbons (Fsp3) is 0.200. The van der Waals surface area contributed by atoms with Gasteiger partial charge in [0.2, 0.25) is 0 Å². The molecule has 0 unspecified atom stereocenters. The van der Waals surface area contributed by atoms with Gasteiger partial charge >= 0.3 is 5.63 Å². The summed E-state index contributed by atoms with van der Waals surface area (Å²) in [6.07, 6.45) is 0.100. The van der Waals surface area contributed by atoms with E-state index in [4.69, 9.17) is 9.15 Å². The third-order valence-corrected chi connectivity index (χ3v) is 2.88. The van der Waals surface area contributed by atoms with Gasteiger partial charge in [-0.05, 0) is 30.7 Å². The summed E-state index contributed by atoms with van der Waals surface area (Å²) in [5.74, 6) is 0.411. The van der Waals surface area contributed by atoms with Crippen LogP contribution in [0.3, 0.4) is 0 Å². The number of Topliss-reactive ketones (excluding diaryl/α,β-unsaturated/α-hetero) is 1. The van der Waals surface area contributed by atoms with Crippen LogP contribution in [0.5, 0.6) is 5.75 Å². The molecule has 2 aromatic rings. The van der Waals surface area contributed by atoms with E-state index in [1.165, 1.54) is 13.2 Å². The van der Waals surface area contributed by atoms with Gasteiger partial charge in [-0.25, -0.2) is 4.79 Å². The molecule has 0 spiro atoms. The molecule has 4 nitrogen and oxygen atoms in total. The van der Waals surface area contributed by atoms with E-state index in [9.17, 15) is 9.59 Å². The molecule has 0 aliphatic carbocycles. The first-order valence-corrected chi connectivity index (χ1v) is 5.81. The van der Waals surface area contributed by atoms with Crippen LogP contribution < -0.4 is 10.4 Å². The first-order valence-electron chi connectivity index (χ1n) is 5.81. The Morgan fingerprint density at radius 1 is 1.32 bits per heavy atom. The Morgan fingerprint density at radius 3 is 2.63 bits per heavy atom. The largest absolute Gasteiger partial charge is 0.496 e. The third-order valence-electron chi connectivity index (χ3n) is 2.88. The van der Waals surface area contributed by atoms with Crippen LogP contribution in [0.25, 0.3) is 11.0 Å². The number of hydrogen-bond acceptors (Lipinski definition) is 4. The van der Waals surface area contributed by atoms with Gasteiger partial charge in [-0.3, -0.25) is 4.79 Å². The monoisotopic (exact) mass is 258 g/mol. The highest BCUT2D eigenvalue weighted by molar-refractivity contribution is 5.98. The van der Waals surface area contributed by atoms with Crippen molar-refractivity contribution in [2.24, 2.45) is 0 Å². The smallest absolute Gasteiger partial charge is 0.336 e. The molecular weight excluding hydrogens is 244 g/mol. The normalized spacial score (nSPS) is 10.4. The maximum Gasteiger partial charge on any atom is 0.336 e. The number of methoxy groups -OCH3 is 1. The minimum atomic E-state index is -0.454. The van der Waals surface area contributed by atoms with Crippen molar-refractivity contribution in [1.82, 2.24) is 0 Å². The lowest BCUT2D eigenvalue weighted by molar-refractivity contribution is -0.114. The Kier molecular flexibility index (Phi) is 3.51. The van der Waals surface area contributed by atoms with Gasteiger partial charge in [0.1, 0.15) is 11.3 Å². The van der Waals surface area contributed by atoms with Gasteiger partial charge in [-0.15, -0.1) is 0 Å². The molecule has 0 aliphatic rings. The maximum absolute atomic E-state index is 11.8. The molecule has 0 aliphatic heterocycles. The number of fused-ring (bicyclic) bond motifs is 1. The van der Waals surface area contributed by atoms with Gasteiger partial charge in [0, 0.05) is 23.4 Å². The van der Waals surface area contributed by atoms with Crippen molar-refractivity contribution >= 4 is 16.8 Å². The zero-order valence-electron chi connectivity index (χ0n) is 10.9. The second kappa shape index (κ2) is 5.10. The van der Waals surface area contributed by atoms with Crippen LogP contribution >= 0.6 is 0 Å². The van der Waals surface area contributed by atoms with Gasteiger partial charge in [-0.2, -0.15) is 0 Å². The van der Waals surface area contributed by atoms with Crippen molar-refractivity contribution in [3.8, 4) is 5.75 Å². The molecule has 0 bridgehead atoms. The summed E-state index contributed by atoms with van der Waals surface area (Å²) in [5.41, 5.74) is 0.967. The molecule has 0 saturated carbocycles. The summed E-state index contributed by atoms with van der Waals surface area (Å²) >= 11 is 0. The number of ketones is 1. The minimum Gasteiger partial charge on any atom is -0.496 e. The minimum absolute atomic E-state index is 0.100. The van der Waals surface area contributed by atoms with Crippen molar-refractivity contribution in [3.63, 3.8) is 0 Å². The lowest BCUT2D eigenvalue weighted by atomic mass is 10.0. The summed E-state index contributed by atoms with van der Waals surface area (Å²) < 4.78 is 10.4. The number of rotatable bonds is 4. The van der Waals surface area contributed by atoms with Crippen LogP contribution in [-0.2, 0) is 11.2 Å². The molecule has 0 amide bonds. The molecule has 0 N–H and O–H groups in total. The van der Waals surface area contributed by atoms with Crippen molar-refractivity contribution in [1.29, 1.82) is 0 Å². The summed E-state index contributed by atoms with van der Waals surface area (Å²) in [6, 6.07) is 6.55. The summed E-state index contributed by atoms with van der Waals surface area (Å²) in [6.45, 7) is 5.27. The molecule has 1 heterocycles. The molecule has 2 rings (SSSR count). The van der Waals surface area contributed by atoms with Crippen LogP contribution in [0.4, 0.5) is 0 Å². The van der Waals surface area contributed by atoms with Gasteiger partial charge in [0.05, 0.1) is 7.11 Å². The molecular formula is C15H14O4. The van der Waals surface area contributed by atoms with E-state index >= 15 is 0 Å². The zero-order chi connectivity index (χ0) is 14.0. The van der Waals surface area contributed by atoms with E-state index in [-0.39, 0.29) is 12.2 Å².